The number of carbonyl (C=O) groups is 1. The first-order chi connectivity index (χ1) is 8.48. The summed E-state index contributed by atoms with van der Waals surface area (Å²) in [6, 6.07) is 8.83. The van der Waals surface area contributed by atoms with Crippen molar-refractivity contribution in [3.05, 3.63) is 35.9 Å². The van der Waals surface area contributed by atoms with Gasteiger partial charge in [0.05, 0.1) is 12.1 Å². The van der Waals surface area contributed by atoms with Gasteiger partial charge in [0.2, 0.25) is 0 Å². The lowest BCUT2D eigenvalue weighted by atomic mass is 10.0. The number of rotatable bonds is 6. The molecule has 0 aromatic heterocycles. The highest BCUT2D eigenvalue weighted by Gasteiger charge is 2.28. The number of benzene rings is 1. The third-order valence-corrected chi connectivity index (χ3v) is 4.01. The lowest BCUT2D eigenvalue weighted by Crippen LogP contribution is -2.15. The van der Waals surface area contributed by atoms with E-state index in [-0.39, 0.29) is 29.4 Å². The van der Waals surface area contributed by atoms with E-state index in [2.05, 4.69) is 0 Å². The first kappa shape index (κ1) is 18.4. The maximum atomic E-state index is 11.8. The van der Waals surface area contributed by atoms with E-state index in [4.69, 9.17) is 4.52 Å². The van der Waals surface area contributed by atoms with Crippen LogP contribution in [0.15, 0.2) is 30.3 Å². The summed E-state index contributed by atoms with van der Waals surface area (Å²) < 4.78 is 16.6. The van der Waals surface area contributed by atoms with Gasteiger partial charge in [-0.2, -0.15) is 0 Å². The van der Waals surface area contributed by atoms with Gasteiger partial charge in [0.25, 0.3) is 0 Å². The van der Waals surface area contributed by atoms with Crippen LogP contribution in [-0.4, -0.2) is 28.2 Å². The normalized spacial score (nSPS) is 13.5. The summed E-state index contributed by atoms with van der Waals surface area (Å²) in [5.41, 5.74) is 0.681. The van der Waals surface area contributed by atoms with Crippen molar-refractivity contribution in [3.8, 4) is 0 Å². The van der Waals surface area contributed by atoms with E-state index < -0.39 is 13.6 Å². The molecule has 0 bridgehead atoms. The molecule has 1 unspecified atom stereocenters. The van der Waals surface area contributed by atoms with Crippen molar-refractivity contribution in [3.63, 3.8) is 0 Å². The van der Waals surface area contributed by atoms with Crippen LogP contribution in [0.5, 0.6) is 0 Å². The van der Waals surface area contributed by atoms with E-state index >= 15 is 0 Å². The fourth-order valence-corrected chi connectivity index (χ4v) is 2.85. The van der Waals surface area contributed by atoms with Crippen LogP contribution >= 0.6 is 7.60 Å². The van der Waals surface area contributed by atoms with Crippen molar-refractivity contribution in [1.82, 2.24) is 0 Å². The zero-order chi connectivity index (χ0) is 13.6. The molecule has 4 nitrogen and oxygen atoms in total. The fourth-order valence-electron chi connectivity index (χ4n) is 1.68. The van der Waals surface area contributed by atoms with E-state index in [0.29, 0.717) is 18.4 Å². The van der Waals surface area contributed by atoms with E-state index in [0.717, 1.165) is 0 Å². The van der Waals surface area contributed by atoms with Crippen molar-refractivity contribution in [1.29, 1.82) is 0 Å². The largest absolute Gasteiger partial charge is 0.391 e. The predicted octanol–water partition coefficient (Wildman–Crippen LogP) is 2.17. The Labute approximate surface area is 124 Å². The molecule has 1 aromatic rings. The number of carbonyl (C=O) groups excluding carboxylic acids is 1. The van der Waals surface area contributed by atoms with Crippen molar-refractivity contribution in [2.24, 2.45) is 5.92 Å². The summed E-state index contributed by atoms with van der Waals surface area (Å²) in [7, 11) is -3.90. The summed E-state index contributed by atoms with van der Waals surface area (Å²) in [5, 5.41) is 0. The van der Waals surface area contributed by atoms with Crippen LogP contribution in [0.25, 0.3) is 0 Å². The Morgan fingerprint density at radius 3 is 2.26 bits per heavy atom. The Bertz CT molecular complexity index is 432. The van der Waals surface area contributed by atoms with E-state index in [1.165, 1.54) is 0 Å². The van der Waals surface area contributed by atoms with Crippen LogP contribution in [0.4, 0.5) is 0 Å². The van der Waals surface area contributed by atoms with Crippen LogP contribution < -0.4 is 0 Å². The van der Waals surface area contributed by atoms with Gasteiger partial charge in [-0.3, -0.25) is 4.79 Å². The van der Waals surface area contributed by atoms with Crippen molar-refractivity contribution in [2.75, 3.05) is 0 Å². The topological polar surface area (TPSA) is 63.6 Å². The molecule has 0 saturated heterocycles. The van der Waals surface area contributed by atoms with Gasteiger partial charge < -0.3 is 9.42 Å². The third-order valence-electron chi connectivity index (χ3n) is 2.78. The highest BCUT2D eigenvalue weighted by Crippen LogP contribution is 2.46. The molecule has 1 atom stereocenters. The lowest BCUT2D eigenvalue weighted by Gasteiger charge is -2.16. The second kappa shape index (κ2) is 8.56. The summed E-state index contributed by atoms with van der Waals surface area (Å²) in [5.74, 6) is -0.886. The first-order valence-corrected chi connectivity index (χ1v) is 7.84. The average Bonchev–Trinajstić information content (AvgIpc) is 2.30. The molecule has 6 heteroatoms. The molecule has 0 spiro atoms. The molecule has 0 saturated carbocycles. The number of hydrogen-bond acceptors (Lipinski definition) is 3. The standard InChI is InChI=1S/C13H19O4P.Al.3H/c1-3-12(4-2)13(14)17-18(15,16)10-11-8-6-5-7-9-11;;;;/h5-9,12H,3-4,10H2,1-2H3,(H,15,16);;;;. The van der Waals surface area contributed by atoms with Gasteiger partial charge in [0, 0.05) is 0 Å². The van der Waals surface area contributed by atoms with Crippen LogP contribution in [0, 0.1) is 5.92 Å². The zero-order valence-corrected chi connectivity index (χ0v) is 11.6. The Hall–Kier alpha value is -0.588. The Morgan fingerprint density at radius 2 is 1.79 bits per heavy atom. The van der Waals surface area contributed by atoms with E-state index in [9.17, 15) is 14.3 Å². The molecule has 0 aliphatic heterocycles. The highest BCUT2D eigenvalue weighted by molar-refractivity contribution is 7.52. The zero-order valence-electron chi connectivity index (χ0n) is 10.7. The molecule has 19 heavy (non-hydrogen) atoms. The van der Waals surface area contributed by atoms with Crippen LogP contribution in [0.1, 0.15) is 32.3 Å². The van der Waals surface area contributed by atoms with Crippen LogP contribution in [0.2, 0.25) is 0 Å². The third kappa shape index (κ3) is 6.40. The van der Waals surface area contributed by atoms with Gasteiger partial charge in [-0.25, -0.2) is 4.57 Å². The molecule has 0 aliphatic rings. The highest BCUT2D eigenvalue weighted by atomic mass is 31.2. The molecule has 0 fully saturated rings. The molecule has 0 radical (unpaired) electrons. The van der Waals surface area contributed by atoms with Gasteiger partial charge in [-0.05, 0) is 18.4 Å². The van der Waals surface area contributed by atoms with Crippen molar-refractivity contribution < 1.29 is 18.8 Å². The van der Waals surface area contributed by atoms with Gasteiger partial charge in [0.1, 0.15) is 0 Å². The van der Waals surface area contributed by atoms with Gasteiger partial charge in [-0.15, -0.1) is 0 Å². The SMILES string of the molecule is CCC(CC)C(=O)OP(=O)(O)Cc1ccccc1.[AlH3]. The predicted molar refractivity (Wildman–Crippen MR) is 80.1 cm³/mol. The molecule has 1 aromatic carbocycles. The van der Waals surface area contributed by atoms with E-state index in [1.807, 2.05) is 19.9 Å². The average molecular weight is 300 g/mol. The second-order valence-electron chi connectivity index (χ2n) is 4.20. The second-order valence-corrected chi connectivity index (χ2v) is 5.98. The Balaban J connectivity index is 0.00000324. The summed E-state index contributed by atoms with van der Waals surface area (Å²) >= 11 is 0. The molecule has 1 rings (SSSR count). The van der Waals surface area contributed by atoms with Crippen molar-refractivity contribution >= 4 is 30.9 Å². The smallest absolute Gasteiger partial charge is 0.383 e. The molecule has 0 aliphatic carbocycles. The monoisotopic (exact) mass is 300 g/mol. The molecule has 106 valence electrons. The Kier molecular flexibility index (Phi) is 8.29. The summed E-state index contributed by atoms with van der Waals surface area (Å²) in [4.78, 5) is 21.3. The van der Waals surface area contributed by atoms with Gasteiger partial charge in [0.15, 0.2) is 17.4 Å². The molecule has 1 N–H and O–H groups in total. The van der Waals surface area contributed by atoms with Gasteiger partial charge >= 0.3 is 13.6 Å². The minimum atomic E-state index is -3.90. The molecular formula is C13H22AlO4P. The van der Waals surface area contributed by atoms with E-state index in [1.54, 1.807) is 24.3 Å². The molecular weight excluding hydrogens is 278 g/mol. The molecule has 0 amide bonds. The maximum absolute atomic E-state index is 11.8. The Morgan fingerprint density at radius 1 is 1.26 bits per heavy atom. The maximum Gasteiger partial charge on any atom is 0.383 e. The number of hydrogen-bond donors (Lipinski definition) is 1. The fraction of sp³-hybridized carbons (Fsp3) is 0.462. The van der Waals surface area contributed by atoms with Gasteiger partial charge in [-0.1, -0.05) is 44.2 Å². The molecule has 0 heterocycles. The quantitative estimate of drug-likeness (QED) is 0.646. The van der Waals surface area contributed by atoms with Crippen molar-refractivity contribution in [2.45, 2.75) is 32.9 Å². The van der Waals surface area contributed by atoms with Crippen LogP contribution in [-0.2, 0) is 20.0 Å². The lowest BCUT2D eigenvalue weighted by molar-refractivity contribution is -0.139. The minimum Gasteiger partial charge on any atom is -0.391 e. The van der Waals surface area contributed by atoms with Crippen LogP contribution in [0.3, 0.4) is 0 Å². The summed E-state index contributed by atoms with van der Waals surface area (Å²) in [6.45, 7) is 3.71. The summed E-state index contributed by atoms with van der Waals surface area (Å²) in [6.07, 6.45) is 1.08. The minimum absolute atomic E-state index is 0. The first-order valence-electron chi connectivity index (χ1n) is 6.07.